The minimum atomic E-state index is -0.574. The normalized spacial score (nSPS) is 13.7. The van der Waals surface area contributed by atoms with Crippen molar-refractivity contribution >= 4 is 23.4 Å². The van der Waals surface area contributed by atoms with Crippen LogP contribution in [0.1, 0.15) is 38.2 Å². The SMILES string of the molecule is CN[C@@H](C)C(=O)NCCCC#Cc1cnc(Nc2ccnc(F)c2)nc1NC1CC1. The number of nitrogens with one attached hydrogen (secondary N) is 4. The monoisotopic (exact) mass is 411 g/mol. The Labute approximate surface area is 175 Å². The largest absolute Gasteiger partial charge is 0.366 e. The third-order valence-corrected chi connectivity index (χ3v) is 4.52. The highest BCUT2D eigenvalue weighted by molar-refractivity contribution is 5.81. The maximum Gasteiger partial charge on any atom is 0.236 e. The second-order valence-corrected chi connectivity index (χ2v) is 7.07. The number of halogens is 1. The smallest absolute Gasteiger partial charge is 0.236 e. The number of amides is 1. The Balaban J connectivity index is 1.59. The van der Waals surface area contributed by atoms with E-state index in [1.54, 1.807) is 19.3 Å². The lowest BCUT2D eigenvalue weighted by molar-refractivity contribution is -0.122. The fourth-order valence-electron chi connectivity index (χ4n) is 2.50. The summed E-state index contributed by atoms with van der Waals surface area (Å²) in [5.41, 5.74) is 1.23. The molecule has 1 fully saturated rings. The van der Waals surface area contributed by atoms with Gasteiger partial charge in [0.05, 0.1) is 17.8 Å². The summed E-state index contributed by atoms with van der Waals surface area (Å²) in [6.07, 6.45) is 6.63. The molecule has 30 heavy (non-hydrogen) atoms. The van der Waals surface area contributed by atoms with E-state index in [-0.39, 0.29) is 11.9 Å². The molecule has 0 aromatic carbocycles. The van der Waals surface area contributed by atoms with Crippen molar-refractivity contribution in [2.24, 2.45) is 0 Å². The molecule has 8 nitrogen and oxygen atoms in total. The summed E-state index contributed by atoms with van der Waals surface area (Å²) < 4.78 is 13.3. The lowest BCUT2D eigenvalue weighted by Gasteiger charge is -2.10. The van der Waals surface area contributed by atoms with Crippen LogP contribution in [0.15, 0.2) is 24.5 Å². The van der Waals surface area contributed by atoms with E-state index in [2.05, 4.69) is 48.1 Å². The molecule has 2 heterocycles. The van der Waals surface area contributed by atoms with Crippen LogP contribution in [0.2, 0.25) is 0 Å². The highest BCUT2D eigenvalue weighted by atomic mass is 19.1. The number of unbranched alkanes of at least 4 members (excludes halogenated alkanes) is 1. The highest BCUT2D eigenvalue weighted by Crippen LogP contribution is 2.26. The van der Waals surface area contributed by atoms with E-state index >= 15 is 0 Å². The number of aromatic nitrogens is 3. The van der Waals surface area contributed by atoms with Gasteiger partial charge in [-0.3, -0.25) is 4.79 Å². The average molecular weight is 411 g/mol. The molecule has 4 N–H and O–H groups in total. The molecule has 0 spiro atoms. The minimum Gasteiger partial charge on any atom is -0.366 e. The van der Waals surface area contributed by atoms with Gasteiger partial charge in [-0.1, -0.05) is 11.8 Å². The number of rotatable bonds is 9. The molecule has 2 aromatic heterocycles. The van der Waals surface area contributed by atoms with Crippen molar-refractivity contribution in [1.82, 2.24) is 25.6 Å². The zero-order chi connectivity index (χ0) is 21.3. The molecule has 0 saturated heterocycles. The van der Waals surface area contributed by atoms with Gasteiger partial charge in [-0.15, -0.1) is 0 Å². The van der Waals surface area contributed by atoms with Crippen LogP contribution in [0.4, 0.5) is 21.8 Å². The molecule has 1 aliphatic rings. The quantitative estimate of drug-likeness (QED) is 0.285. The fourth-order valence-corrected chi connectivity index (χ4v) is 2.50. The molecule has 0 unspecified atom stereocenters. The summed E-state index contributed by atoms with van der Waals surface area (Å²) in [6, 6.07) is 3.11. The van der Waals surface area contributed by atoms with E-state index < -0.39 is 5.95 Å². The number of anilines is 3. The van der Waals surface area contributed by atoms with E-state index in [0.717, 1.165) is 19.3 Å². The number of nitrogens with zero attached hydrogens (tertiary/aromatic N) is 3. The Morgan fingerprint density at radius 3 is 2.93 bits per heavy atom. The third kappa shape index (κ3) is 6.67. The van der Waals surface area contributed by atoms with Crippen LogP contribution in [0.3, 0.4) is 0 Å². The van der Waals surface area contributed by atoms with Crippen molar-refractivity contribution in [2.75, 3.05) is 24.2 Å². The predicted molar refractivity (Wildman–Crippen MR) is 114 cm³/mol. The van der Waals surface area contributed by atoms with Gasteiger partial charge >= 0.3 is 0 Å². The number of pyridine rings is 1. The Morgan fingerprint density at radius 2 is 2.20 bits per heavy atom. The van der Waals surface area contributed by atoms with Gasteiger partial charge in [0.2, 0.25) is 17.8 Å². The third-order valence-electron chi connectivity index (χ3n) is 4.52. The van der Waals surface area contributed by atoms with Crippen LogP contribution in [0.25, 0.3) is 0 Å². The zero-order valence-corrected chi connectivity index (χ0v) is 17.1. The summed E-state index contributed by atoms with van der Waals surface area (Å²) in [4.78, 5) is 24.0. The average Bonchev–Trinajstić information content (AvgIpc) is 3.55. The van der Waals surface area contributed by atoms with E-state index in [4.69, 9.17) is 0 Å². The van der Waals surface area contributed by atoms with E-state index in [1.807, 2.05) is 6.92 Å². The predicted octanol–water partition coefficient (Wildman–Crippen LogP) is 2.18. The molecule has 9 heteroatoms. The van der Waals surface area contributed by atoms with Crippen LogP contribution >= 0.6 is 0 Å². The molecule has 0 bridgehead atoms. The van der Waals surface area contributed by atoms with Crippen molar-refractivity contribution in [3.8, 4) is 11.8 Å². The first-order chi connectivity index (χ1) is 14.5. The molecular weight excluding hydrogens is 385 g/mol. The molecule has 2 aromatic rings. The van der Waals surface area contributed by atoms with E-state index in [1.165, 1.54) is 12.3 Å². The lowest BCUT2D eigenvalue weighted by Crippen LogP contribution is -2.40. The molecule has 0 aliphatic heterocycles. The zero-order valence-electron chi connectivity index (χ0n) is 17.1. The van der Waals surface area contributed by atoms with Crippen LogP contribution in [-0.2, 0) is 4.79 Å². The first-order valence-corrected chi connectivity index (χ1v) is 10.0. The second kappa shape index (κ2) is 10.5. The number of hydrogen-bond acceptors (Lipinski definition) is 7. The van der Waals surface area contributed by atoms with Gasteiger partial charge < -0.3 is 21.3 Å². The summed E-state index contributed by atoms with van der Waals surface area (Å²) in [7, 11) is 1.75. The topological polar surface area (TPSA) is 104 Å². The van der Waals surface area contributed by atoms with Gasteiger partial charge in [-0.2, -0.15) is 9.37 Å². The number of likely N-dealkylation sites (N-methyl/N-ethyl adjacent to an activating group) is 1. The Kier molecular flexibility index (Phi) is 7.51. The summed E-state index contributed by atoms with van der Waals surface area (Å²) in [6.45, 7) is 2.39. The number of hydrogen-bond donors (Lipinski definition) is 4. The molecule has 1 saturated carbocycles. The maximum absolute atomic E-state index is 13.3. The summed E-state index contributed by atoms with van der Waals surface area (Å²) in [5, 5.41) is 12.1. The van der Waals surface area contributed by atoms with Crippen molar-refractivity contribution in [1.29, 1.82) is 0 Å². The van der Waals surface area contributed by atoms with Crippen molar-refractivity contribution in [3.63, 3.8) is 0 Å². The van der Waals surface area contributed by atoms with Gasteiger partial charge in [0, 0.05) is 37.0 Å². The first-order valence-electron chi connectivity index (χ1n) is 10.0. The number of carbonyl (C=O) groups excluding carboxylic acids is 1. The highest BCUT2D eigenvalue weighted by Gasteiger charge is 2.22. The second-order valence-electron chi connectivity index (χ2n) is 7.07. The van der Waals surface area contributed by atoms with Gasteiger partial charge in [0.1, 0.15) is 5.82 Å². The molecule has 1 amide bonds. The molecule has 158 valence electrons. The summed E-state index contributed by atoms with van der Waals surface area (Å²) in [5.74, 6) is 6.64. The standard InChI is InChI=1S/C21H26FN7O/c1-14(23-2)20(30)25-10-5-3-4-6-15-13-26-21(29-19(15)27-16-7-8-16)28-17-9-11-24-18(22)12-17/h9,11-14,16,23H,3,5,7-8,10H2,1-2H3,(H,25,30)(H2,24,26,27,28,29)/t14-/m0/s1. The van der Waals surface area contributed by atoms with E-state index in [0.29, 0.717) is 42.0 Å². The van der Waals surface area contributed by atoms with Crippen LogP contribution in [0.5, 0.6) is 0 Å². The van der Waals surface area contributed by atoms with Gasteiger partial charge in [-0.05, 0) is 39.3 Å². The minimum absolute atomic E-state index is 0.0213. The van der Waals surface area contributed by atoms with Crippen LogP contribution in [-0.4, -0.2) is 46.5 Å². The fraction of sp³-hybridized carbons (Fsp3) is 0.429. The Bertz CT molecular complexity index is 936. The van der Waals surface area contributed by atoms with Gasteiger partial charge in [0.25, 0.3) is 0 Å². The molecule has 1 atom stereocenters. The number of carbonyl (C=O) groups is 1. The van der Waals surface area contributed by atoms with E-state index in [9.17, 15) is 9.18 Å². The van der Waals surface area contributed by atoms with Crippen molar-refractivity contribution in [2.45, 2.75) is 44.7 Å². The van der Waals surface area contributed by atoms with Crippen LogP contribution < -0.4 is 21.3 Å². The van der Waals surface area contributed by atoms with Crippen LogP contribution in [0, 0.1) is 17.8 Å². The Hall–Kier alpha value is -3.25. The van der Waals surface area contributed by atoms with Gasteiger partial charge in [0.15, 0.2) is 0 Å². The lowest BCUT2D eigenvalue weighted by atomic mass is 10.2. The molecule has 3 rings (SSSR count). The molecular formula is C21H26FN7O. The van der Waals surface area contributed by atoms with Gasteiger partial charge in [-0.25, -0.2) is 9.97 Å². The first kappa shape index (κ1) is 21.5. The Morgan fingerprint density at radius 1 is 1.37 bits per heavy atom. The van der Waals surface area contributed by atoms with Crippen molar-refractivity contribution in [3.05, 3.63) is 36.0 Å². The summed E-state index contributed by atoms with van der Waals surface area (Å²) >= 11 is 0. The maximum atomic E-state index is 13.3. The molecule has 0 radical (unpaired) electrons. The van der Waals surface area contributed by atoms with Crippen molar-refractivity contribution < 1.29 is 9.18 Å². The molecule has 1 aliphatic carbocycles.